The van der Waals surface area contributed by atoms with E-state index in [9.17, 15) is 21.6 Å². The molecule has 0 unspecified atom stereocenters. The van der Waals surface area contributed by atoms with Crippen LogP contribution in [0.2, 0.25) is 0 Å². The number of hydrogen-bond acceptors (Lipinski definition) is 5. The Morgan fingerprint density at radius 2 is 1.48 bits per heavy atom. The minimum Gasteiger partial charge on any atom is -0.347 e. The van der Waals surface area contributed by atoms with E-state index in [1.54, 1.807) is 0 Å². The van der Waals surface area contributed by atoms with Crippen molar-refractivity contribution in [2.45, 2.75) is 4.90 Å². The second-order valence-electron chi connectivity index (χ2n) is 4.82. The lowest BCUT2D eigenvalue weighted by Crippen LogP contribution is -2.39. The number of nitrogens with zero attached hydrogens (tertiary/aromatic N) is 2. The molecule has 0 aliphatic rings. The lowest BCUT2D eigenvalue weighted by atomic mass is 10.3. The van der Waals surface area contributed by atoms with Crippen LogP contribution in [0.4, 0.5) is 5.69 Å². The number of carbonyl (C=O) groups excluding carboxylic acids is 1. The van der Waals surface area contributed by atoms with E-state index in [-0.39, 0.29) is 23.0 Å². The number of carbonyl (C=O) groups is 1. The highest BCUT2D eigenvalue weighted by atomic mass is 32.2. The fourth-order valence-corrected chi connectivity index (χ4v) is 3.00. The van der Waals surface area contributed by atoms with Crippen molar-refractivity contribution in [1.82, 2.24) is 4.90 Å². The molecule has 0 saturated heterocycles. The highest BCUT2D eigenvalue weighted by Gasteiger charge is 2.22. The molecule has 0 aliphatic heterocycles. The number of sulfone groups is 1. The van der Waals surface area contributed by atoms with Crippen LogP contribution in [0.5, 0.6) is 0 Å². The van der Waals surface area contributed by atoms with Crippen LogP contribution in [-0.2, 0) is 24.7 Å². The first-order chi connectivity index (χ1) is 9.43. The van der Waals surface area contributed by atoms with Crippen molar-refractivity contribution in [1.29, 1.82) is 0 Å². The molecule has 0 atom stereocenters. The number of sulfonamides is 1. The third-order valence-electron chi connectivity index (χ3n) is 2.73. The molecule has 9 heteroatoms. The van der Waals surface area contributed by atoms with Crippen molar-refractivity contribution >= 4 is 31.5 Å². The Morgan fingerprint density at radius 1 is 1.00 bits per heavy atom. The molecule has 0 saturated carbocycles. The van der Waals surface area contributed by atoms with Gasteiger partial charge in [-0.25, -0.2) is 16.8 Å². The van der Waals surface area contributed by atoms with Gasteiger partial charge in [0.2, 0.25) is 15.9 Å². The molecule has 0 bridgehead atoms. The van der Waals surface area contributed by atoms with E-state index in [4.69, 9.17) is 0 Å². The van der Waals surface area contributed by atoms with E-state index >= 15 is 0 Å². The summed E-state index contributed by atoms with van der Waals surface area (Å²) in [7, 11) is -3.97. The molecular weight excluding hydrogens is 316 g/mol. The van der Waals surface area contributed by atoms with Gasteiger partial charge >= 0.3 is 0 Å². The molecule has 0 spiro atoms. The SMILES string of the molecule is CN(C)C(=O)CN(c1ccc(S(C)(=O)=O)cc1)S(C)(=O)=O. The van der Waals surface area contributed by atoms with E-state index in [0.29, 0.717) is 0 Å². The summed E-state index contributed by atoms with van der Waals surface area (Å²) in [5, 5.41) is 0. The van der Waals surface area contributed by atoms with Gasteiger partial charge in [0.1, 0.15) is 6.54 Å². The quantitative estimate of drug-likeness (QED) is 0.752. The van der Waals surface area contributed by atoms with Gasteiger partial charge in [0.05, 0.1) is 16.8 Å². The summed E-state index contributed by atoms with van der Waals surface area (Å²) in [5.41, 5.74) is 0.236. The number of benzene rings is 1. The summed E-state index contributed by atoms with van der Waals surface area (Å²) >= 11 is 0. The van der Waals surface area contributed by atoms with Gasteiger partial charge in [-0.15, -0.1) is 0 Å². The molecule has 1 aromatic rings. The number of hydrogen-bond donors (Lipinski definition) is 0. The fourth-order valence-electron chi connectivity index (χ4n) is 1.52. The Kier molecular flexibility index (Phi) is 5.00. The Hall–Kier alpha value is -1.61. The maximum absolute atomic E-state index is 11.8. The van der Waals surface area contributed by atoms with Gasteiger partial charge in [-0.2, -0.15) is 0 Å². The summed E-state index contributed by atoms with van der Waals surface area (Å²) in [6, 6.07) is 5.34. The zero-order valence-electron chi connectivity index (χ0n) is 12.3. The summed E-state index contributed by atoms with van der Waals surface area (Å²) in [4.78, 5) is 13.1. The molecule has 0 heterocycles. The number of rotatable bonds is 5. The van der Waals surface area contributed by atoms with Gasteiger partial charge in [0.15, 0.2) is 9.84 Å². The molecule has 118 valence electrons. The fraction of sp³-hybridized carbons (Fsp3) is 0.417. The summed E-state index contributed by atoms with van der Waals surface area (Å²) < 4.78 is 47.3. The van der Waals surface area contributed by atoms with Crippen LogP contribution >= 0.6 is 0 Å². The van der Waals surface area contributed by atoms with Crippen molar-refractivity contribution in [3.8, 4) is 0 Å². The van der Waals surface area contributed by atoms with Gasteiger partial charge in [-0.1, -0.05) is 0 Å². The van der Waals surface area contributed by atoms with Crippen LogP contribution in [0, 0.1) is 0 Å². The van der Waals surface area contributed by atoms with Crippen molar-refractivity contribution in [2.75, 3.05) is 37.5 Å². The molecule has 0 radical (unpaired) electrons. The van der Waals surface area contributed by atoms with Crippen molar-refractivity contribution in [3.63, 3.8) is 0 Å². The summed E-state index contributed by atoms with van der Waals surface area (Å²) in [5.74, 6) is -0.382. The predicted octanol–water partition coefficient (Wildman–Crippen LogP) is -0.0557. The summed E-state index contributed by atoms with van der Waals surface area (Å²) in [6.45, 7) is -0.343. The maximum atomic E-state index is 11.8. The molecule has 1 rings (SSSR count). The lowest BCUT2D eigenvalue weighted by molar-refractivity contribution is -0.127. The van der Waals surface area contributed by atoms with Crippen LogP contribution in [0.25, 0.3) is 0 Å². The van der Waals surface area contributed by atoms with Crippen molar-refractivity contribution in [2.24, 2.45) is 0 Å². The number of anilines is 1. The first-order valence-electron chi connectivity index (χ1n) is 5.91. The van der Waals surface area contributed by atoms with E-state index in [1.807, 2.05) is 0 Å². The zero-order chi connectivity index (χ0) is 16.4. The highest BCUT2D eigenvalue weighted by molar-refractivity contribution is 7.92. The zero-order valence-corrected chi connectivity index (χ0v) is 13.9. The van der Waals surface area contributed by atoms with E-state index in [1.165, 1.54) is 43.3 Å². The Morgan fingerprint density at radius 3 is 1.81 bits per heavy atom. The largest absolute Gasteiger partial charge is 0.347 e. The normalized spacial score (nSPS) is 12.0. The van der Waals surface area contributed by atoms with Crippen LogP contribution in [0.3, 0.4) is 0 Å². The average Bonchev–Trinajstić information content (AvgIpc) is 2.33. The molecular formula is C12H18N2O5S2. The topological polar surface area (TPSA) is 91.8 Å². The van der Waals surface area contributed by atoms with Gasteiger partial charge in [0.25, 0.3) is 0 Å². The molecule has 0 N–H and O–H groups in total. The Bertz CT molecular complexity index is 721. The second kappa shape index (κ2) is 6.02. The minimum atomic E-state index is -3.66. The van der Waals surface area contributed by atoms with E-state index in [2.05, 4.69) is 0 Å². The maximum Gasteiger partial charge on any atom is 0.242 e. The lowest BCUT2D eigenvalue weighted by Gasteiger charge is -2.23. The number of amides is 1. The summed E-state index contributed by atoms with van der Waals surface area (Å²) in [6.07, 6.45) is 2.05. The van der Waals surface area contributed by atoms with Gasteiger partial charge < -0.3 is 4.90 Å². The molecule has 21 heavy (non-hydrogen) atoms. The van der Waals surface area contributed by atoms with Gasteiger partial charge in [0, 0.05) is 20.4 Å². The molecule has 7 nitrogen and oxygen atoms in total. The number of likely N-dealkylation sites (N-methyl/N-ethyl adjacent to an activating group) is 1. The van der Waals surface area contributed by atoms with Crippen LogP contribution in [0.1, 0.15) is 0 Å². The molecule has 1 amide bonds. The molecule has 0 aromatic heterocycles. The molecule has 0 aliphatic carbocycles. The van der Waals surface area contributed by atoms with E-state index in [0.717, 1.165) is 16.8 Å². The van der Waals surface area contributed by atoms with Gasteiger partial charge in [-0.3, -0.25) is 9.10 Å². The monoisotopic (exact) mass is 334 g/mol. The third-order valence-corrected chi connectivity index (χ3v) is 5.00. The van der Waals surface area contributed by atoms with Crippen LogP contribution in [-0.4, -0.2) is 60.8 Å². The first kappa shape index (κ1) is 17.4. The highest BCUT2D eigenvalue weighted by Crippen LogP contribution is 2.20. The predicted molar refractivity (Wildman–Crippen MR) is 80.4 cm³/mol. The molecule has 0 fully saturated rings. The van der Waals surface area contributed by atoms with Crippen LogP contribution in [0.15, 0.2) is 29.2 Å². The Balaban J connectivity index is 3.20. The van der Waals surface area contributed by atoms with Crippen molar-refractivity contribution in [3.05, 3.63) is 24.3 Å². The Labute approximate surface area is 125 Å². The smallest absolute Gasteiger partial charge is 0.242 e. The average molecular weight is 334 g/mol. The van der Waals surface area contributed by atoms with Crippen molar-refractivity contribution < 1.29 is 21.6 Å². The standard InChI is InChI=1S/C12H18N2O5S2/c1-13(2)12(15)9-14(21(4,18)19)10-5-7-11(8-6-10)20(3,16)17/h5-8H,9H2,1-4H3. The van der Waals surface area contributed by atoms with E-state index < -0.39 is 19.9 Å². The third kappa shape index (κ3) is 4.71. The minimum absolute atomic E-state index is 0.0821. The molecule has 1 aromatic carbocycles. The first-order valence-corrected chi connectivity index (χ1v) is 9.65. The van der Waals surface area contributed by atoms with Crippen LogP contribution < -0.4 is 4.31 Å². The van der Waals surface area contributed by atoms with Gasteiger partial charge in [-0.05, 0) is 24.3 Å². The second-order valence-corrected chi connectivity index (χ2v) is 8.75.